The van der Waals surface area contributed by atoms with Crippen molar-refractivity contribution in [3.63, 3.8) is 0 Å². The Hall–Kier alpha value is -3.50. The zero-order valence-electron chi connectivity index (χ0n) is 19.0. The van der Waals surface area contributed by atoms with Gasteiger partial charge in [-0.15, -0.1) is 15.1 Å². The molecule has 0 aliphatic carbocycles. The second-order valence-corrected chi connectivity index (χ2v) is 11.8. The van der Waals surface area contributed by atoms with Gasteiger partial charge in [-0.1, -0.05) is 61.4 Å². The number of hydrogen-bond donors (Lipinski definition) is 4. The molecular formula is C23H17Br2N7O4S2. The van der Waals surface area contributed by atoms with Crippen LogP contribution in [0.1, 0.15) is 5.01 Å². The molecule has 194 valence electrons. The number of hydrazine groups is 1. The first-order chi connectivity index (χ1) is 18.2. The highest BCUT2D eigenvalue weighted by Gasteiger charge is 2.24. The first-order valence-electron chi connectivity index (χ1n) is 10.6. The smallest absolute Gasteiger partial charge is 0.289 e. The van der Waals surface area contributed by atoms with E-state index in [1.54, 1.807) is 66.7 Å². The summed E-state index contributed by atoms with van der Waals surface area (Å²) < 4.78 is 26.8. The number of thiazole rings is 1. The Labute approximate surface area is 238 Å². The van der Waals surface area contributed by atoms with Crippen molar-refractivity contribution in [2.24, 2.45) is 15.3 Å². The predicted octanol–water partition coefficient (Wildman–Crippen LogP) is 5.62. The van der Waals surface area contributed by atoms with E-state index in [4.69, 9.17) is 0 Å². The first-order valence-corrected chi connectivity index (χ1v) is 14.4. The summed E-state index contributed by atoms with van der Waals surface area (Å²) in [5, 5.41) is 22.5. The molecule has 0 radical (unpaired) electrons. The molecule has 3 aromatic carbocycles. The van der Waals surface area contributed by atoms with E-state index in [0.29, 0.717) is 11.4 Å². The predicted molar refractivity (Wildman–Crippen MR) is 151 cm³/mol. The Balaban J connectivity index is 1.60. The molecule has 0 fully saturated rings. The molecule has 0 saturated heterocycles. The first kappa shape index (κ1) is 27.5. The Kier molecular flexibility index (Phi) is 8.96. The van der Waals surface area contributed by atoms with Crippen LogP contribution in [0.2, 0.25) is 0 Å². The Morgan fingerprint density at radius 3 is 2.18 bits per heavy atom. The molecule has 0 spiro atoms. The van der Waals surface area contributed by atoms with Gasteiger partial charge in [-0.25, -0.2) is 8.42 Å². The molecule has 0 atom stereocenters. The number of rotatable bonds is 9. The van der Waals surface area contributed by atoms with E-state index in [9.17, 15) is 18.3 Å². The molecule has 4 N–H and O–H groups in total. The molecule has 0 aliphatic rings. The number of aromatic hydroxyl groups is 1. The number of carbonyl (C=O) groups excluding carboxylic acids is 1. The van der Waals surface area contributed by atoms with Crippen LogP contribution in [0.15, 0.2) is 108 Å². The van der Waals surface area contributed by atoms with Gasteiger partial charge in [0.25, 0.3) is 21.8 Å². The highest BCUT2D eigenvalue weighted by molar-refractivity contribution is 9.10. The van der Waals surface area contributed by atoms with Crippen molar-refractivity contribution in [2.75, 3.05) is 5.43 Å². The van der Waals surface area contributed by atoms with Gasteiger partial charge in [0.1, 0.15) is 0 Å². The monoisotopic (exact) mass is 677 g/mol. The third-order valence-electron chi connectivity index (χ3n) is 4.59. The van der Waals surface area contributed by atoms with Crippen LogP contribution in [0.3, 0.4) is 0 Å². The van der Waals surface area contributed by atoms with Crippen molar-refractivity contribution >= 4 is 81.2 Å². The lowest BCUT2D eigenvalue weighted by atomic mass is 10.3. The number of benzene rings is 3. The van der Waals surface area contributed by atoms with Gasteiger partial charge in [-0.05, 0) is 60.7 Å². The van der Waals surface area contributed by atoms with Crippen LogP contribution in [0, 0.1) is 0 Å². The molecule has 0 unspecified atom stereocenters. The lowest BCUT2D eigenvalue weighted by Gasteiger charge is -2.09. The minimum Gasteiger partial charge on any atom is -0.491 e. The highest BCUT2D eigenvalue weighted by Crippen LogP contribution is 2.35. The SMILES string of the molecule is O=C(NNS(=O)(=O)c1ccccc1)/C(=N/Nc1ccc(Br)cc1)c1nc(O)c(N=Nc2ccc(Br)cc2)s1. The number of azo groups is 1. The highest BCUT2D eigenvalue weighted by atomic mass is 79.9. The van der Waals surface area contributed by atoms with E-state index in [1.807, 2.05) is 4.83 Å². The van der Waals surface area contributed by atoms with E-state index in [-0.39, 0.29) is 20.6 Å². The molecular weight excluding hydrogens is 662 g/mol. The summed E-state index contributed by atoms with van der Waals surface area (Å²) in [7, 11) is -4.05. The van der Waals surface area contributed by atoms with Crippen molar-refractivity contribution in [1.29, 1.82) is 0 Å². The number of sulfonamides is 1. The van der Waals surface area contributed by atoms with E-state index < -0.39 is 21.8 Å². The summed E-state index contributed by atoms with van der Waals surface area (Å²) in [6.07, 6.45) is 0. The maximum absolute atomic E-state index is 13.0. The fourth-order valence-electron chi connectivity index (χ4n) is 2.75. The second kappa shape index (κ2) is 12.4. The number of carbonyl (C=O) groups is 1. The Morgan fingerprint density at radius 2 is 1.53 bits per heavy atom. The van der Waals surface area contributed by atoms with Crippen LogP contribution in [-0.4, -0.2) is 30.1 Å². The average molecular weight is 679 g/mol. The molecule has 11 nitrogen and oxygen atoms in total. The topological polar surface area (TPSA) is 158 Å². The molecule has 1 aromatic heterocycles. The molecule has 1 heterocycles. The molecule has 15 heteroatoms. The minimum atomic E-state index is -4.05. The molecule has 1 amide bonds. The number of nitrogens with one attached hydrogen (secondary N) is 3. The number of hydrazone groups is 1. The number of anilines is 1. The second-order valence-electron chi connectivity index (χ2n) is 7.28. The summed E-state index contributed by atoms with van der Waals surface area (Å²) in [5.74, 6) is -1.40. The third-order valence-corrected chi connectivity index (χ3v) is 7.84. The van der Waals surface area contributed by atoms with Gasteiger partial charge in [0, 0.05) is 8.95 Å². The summed E-state index contributed by atoms with van der Waals surface area (Å²) in [6, 6.07) is 21.5. The van der Waals surface area contributed by atoms with Gasteiger partial charge in [0.15, 0.2) is 10.7 Å². The largest absolute Gasteiger partial charge is 0.491 e. The van der Waals surface area contributed by atoms with Crippen molar-refractivity contribution in [2.45, 2.75) is 4.90 Å². The molecule has 0 saturated carbocycles. The van der Waals surface area contributed by atoms with E-state index in [1.165, 1.54) is 12.1 Å². The Bertz CT molecular complexity index is 1590. The fraction of sp³-hybridized carbons (Fsp3) is 0. The Morgan fingerprint density at radius 1 is 0.895 bits per heavy atom. The van der Waals surface area contributed by atoms with Gasteiger partial charge in [0.05, 0.1) is 16.3 Å². The summed E-state index contributed by atoms with van der Waals surface area (Å²) >= 11 is 7.51. The van der Waals surface area contributed by atoms with Gasteiger partial charge in [-0.3, -0.25) is 15.6 Å². The number of nitrogens with zero attached hydrogens (tertiary/aromatic N) is 4. The van der Waals surface area contributed by atoms with Crippen molar-refractivity contribution in [1.82, 2.24) is 15.2 Å². The molecule has 4 rings (SSSR count). The maximum atomic E-state index is 13.0. The lowest BCUT2D eigenvalue weighted by Crippen LogP contribution is -2.45. The van der Waals surface area contributed by atoms with Gasteiger partial charge in [0.2, 0.25) is 5.00 Å². The van der Waals surface area contributed by atoms with Crippen LogP contribution in [0.5, 0.6) is 5.88 Å². The molecule has 0 aliphatic heterocycles. The van der Waals surface area contributed by atoms with Crippen LogP contribution < -0.4 is 15.7 Å². The number of hydrogen-bond acceptors (Lipinski definition) is 10. The van der Waals surface area contributed by atoms with E-state index in [0.717, 1.165) is 20.3 Å². The zero-order valence-corrected chi connectivity index (χ0v) is 23.8. The summed E-state index contributed by atoms with van der Waals surface area (Å²) in [4.78, 5) is 19.0. The number of halogens is 2. The third kappa shape index (κ3) is 7.29. The summed E-state index contributed by atoms with van der Waals surface area (Å²) in [5.41, 5.74) is 5.62. The van der Waals surface area contributed by atoms with Crippen LogP contribution in [0.4, 0.5) is 16.4 Å². The van der Waals surface area contributed by atoms with Crippen LogP contribution >= 0.6 is 43.2 Å². The number of amides is 1. The average Bonchev–Trinajstić information content (AvgIpc) is 3.28. The summed E-state index contributed by atoms with van der Waals surface area (Å²) in [6.45, 7) is 0. The standard InChI is InChI=1S/C23H17Br2N7O4S2/c24-14-6-10-16(11-7-14)27-29-19(20(33)30-32-38(35,36)18-4-2-1-3-5-18)22-26-21(34)23(37-22)31-28-17-12-8-15(25)9-13-17/h1-13,27,32,34H,(H,30,33)/b29-19-,31-28?. The van der Waals surface area contributed by atoms with Gasteiger partial charge in [-0.2, -0.15) is 10.1 Å². The zero-order chi connectivity index (χ0) is 27.1. The van der Waals surface area contributed by atoms with Crippen molar-refractivity contribution in [3.05, 3.63) is 92.8 Å². The van der Waals surface area contributed by atoms with E-state index in [2.05, 4.69) is 63.0 Å². The van der Waals surface area contributed by atoms with Crippen molar-refractivity contribution in [3.8, 4) is 5.88 Å². The number of aromatic nitrogens is 1. The van der Waals surface area contributed by atoms with Gasteiger partial charge >= 0.3 is 0 Å². The van der Waals surface area contributed by atoms with E-state index >= 15 is 0 Å². The van der Waals surface area contributed by atoms with Crippen LogP contribution in [-0.2, 0) is 14.8 Å². The quantitative estimate of drug-likeness (QED) is 0.102. The van der Waals surface area contributed by atoms with Crippen LogP contribution in [0.25, 0.3) is 0 Å². The fourth-order valence-corrected chi connectivity index (χ4v) is 4.91. The normalized spacial score (nSPS) is 12.0. The lowest BCUT2D eigenvalue weighted by molar-refractivity contribution is -0.115. The maximum Gasteiger partial charge on any atom is 0.289 e. The minimum absolute atomic E-state index is 0.0249. The van der Waals surface area contributed by atoms with Gasteiger partial charge < -0.3 is 5.11 Å². The molecule has 38 heavy (non-hydrogen) atoms. The van der Waals surface area contributed by atoms with Crippen molar-refractivity contribution < 1.29 is 18.3 Å². The molecule has 0 bridgehead atoms. The molecule has 4 aromatic rings.